The van der Waals surface area contributed by atoms with Crippen LogP contribution in [0.5, 0.6) is 0 Å². The molecule has 29 heavy (non-hydrogen) atoms. The van der Waals surface area contributed by atoms with Gasteiger partial charge in [-0.3, -0.25) is 4.79 Å². The lowest BCUT2D eigenvalue weighted by molar-refractivity contribution is -0.137. The Morgan fingerprint density at radius 2 is 1.97 bits per heavy atom. The lowest BCUT2D eigenvalue weighted by Crippen LogP contribution is -2.15. The number of aromatic nitrogens is 2. The molecule has 1 amide bonds. The van der Waals surface area contributed by atoms with Crippen molar-refractivity contribution in [2.45, 2.75) is 25.8 Å². The standard InChI is InChI=1S/C20H18F3N3O2S/c1-12-6-7-13(2)16(8-12)24-17(27)10-29-11-18-25-19(26-28-18)14-4-3-5-15(9-14)20(21,22)23/h3-9H,10-11H2,1-2H3,(H,24,27). The summed E-state index contributed by atoms with van der Waals surface area (Å²) < 4.78 is 43.6. The Hall–Kier alpha value is -2.81. The molecule has 3 aromatic rings. The van der Waals surface area contributed by atoms with Gasteiger partial charge in [-0.2, -0.15) is 18.2 Å². The zero-order valence-electron chi connectivity index (χ0n) is 15.7. The van der Waals surface area contributed by atoms with Crippen LogP contribution in [-0.4, -0.2) is 21.8 Å². The van der Waals surface area contributed by atoms with E-state index in [9.17, 15) is 18.0 Å². The Morgan fingerprint density at radius 1 is 1.17 bits per heavy atom. The topological polar surface area (TPSA) is 68.0 Å². The second kappa shape index (κ2) is 8.69. The molecular weight excluding hydrogens is 403 g/mol. The first-order valence-corrected chi connectivity index (χ1v) is 9.83. The molecule has 0 saturated heterocycles. The summed E-state index contributed by atoms with van der Waals surface area (Å²) in [6, 6.07) is 10.5. The molecule has 152 valence electrons. The van der Waals surface area contributed by atoms with Crippen molar-refractivity contribution >= 4 is 23.4 Å². The van der Waals surface area contributed by atoms with Gasteiger partial charge >= 0.3 is 6.18 Å². The van der Waals surface area contributed by atoms with Gasteiger partial charge in [0.25, 0.3) is 0 Å². The Morgan fingerprint density at radius 3 is 2.72 bits per heavy atom. The van der Waals surface area contributed by atoms with Gasteiger partial charge in [0.15, 0.2) is 0 Å². The van der Waals surface area contributed by atoms with Crippen LogP contribution in [0.4, 0.5) is 18.9 Å². The first-order chi connectivity index (χ1) is 13.7. The highest BCUT2D eigenvalue weighted by atomic mass is 32.2. The maximum Gasteiger partial charge on any atom is 0.416 e. The number of rotatable bonds is 6. The van der Waals surface area contributed by atoms with E-state index in [0.29, 0.717) is 0 Å². The SMILES string of the molecule is Cc1ccc(C)c(NC(=O)CSCc2nc(-c3cccc(C(F)(F)F)c3)no2)c1. The monoisotopic (exact) mass is 421 g/mol. The van der Waals surface area contributed by atoms with E-state index in [0.717, 1.165) is 28.9 Å². The number of nitrogens with one attached hydrogen (secondary N) is 1. The molecule has 0 atom stereocenters. The summed E-state index contributed by atoms with van der Waals surface area (Å²) in [6.45, 7) is 3.86. The number of hydrogen-bond donors (Lipinski definition) is 1. The molecule has 0 radical (unpaired) electrons. The minimum atomic E-state index is -4.44. The lowest BCUT2D eigenvalue weighted by Gasteiger charge is -2.08. The average molecular weight is 421 g/mol. The average Bonchev–Trinajstić information content (AvgIpc) is 3.13. The number of benzene rings is 2. The van der Waals surface area contributed by atoms with Crippen molar-refractivity contribution < 1.29 is 22.5 Å². The minimum absolute atomic E-state index is 0.0755. The number of alkyl halides is 3. The van der Waals surface area contributed by atoms with Gasteiger partial charge in [-0.25, -0.2) is 0 Å². The number of aryl methyl sites for hydroxylation is 2. The number of carbonyl (C=O) groups is 1. The molecule has 1 heterocycles. The van der Waals surface area contributed by atoms with E-state index < -0.39 is 11.7 Å². The fraction of sp³-hybridized carbons (Fsp3) is 0.250. The van der Waals surface area contributed by atoms with Crippen LogP contribution in [-0.2, 0) is 16.7 Å². The van der Waals surface area contributed by atoms with Gasteiger partial charge in [-0.15, -0.1) is 11.8 Å². The first kappa shape index (κ1) is 20.9. The van der Waals surface area contributed by atoms with Crippen molar-refractivity contribution in [3.05, 3.63) is 65.0 Å². The third-order valence-electron chi connectivity index (χ3n) is 4.04. The van der Waals surface area contributed by atoms with Crippen LogP contribution in [0.1, 0.15) is 22.6 Å². The first-order valence-electron chi connectivity index (χ1n) is 8.67. The van der Waals surface area contributed by atoms with Crippen LogP contribution in [0.25, 0.3) is 11.4 Å². The molecule has 1 aromatic heterocycles. The van der Waals surface area contributed by atoms with Gasteiger partial charge in [-0.05, 0) is 43.2 Å². The summed E-state index contributed by atoms with van der Waals surface area (Å²) in [5, 5.41) is 6.58. The van der Waals surface area contributed by atoms with Crippen molar-refractivity contribution in [1.29, 1.82) is 0 Å². The molecule has 9 heteroatoms. The second-order valence-corrected chi connectivity index (χ2v) is 7.44. The van der Waals surface area contributed by atoms with Gasteiger partial charge in [-0.1, -0.05) is 29.4 Å². The normalized spacial score (nSPS) is 11.5. The van der Waals surface area contributed by atoms with E-state index in [1.807, 2.05) is 32.0 Å². The van der Waals surface area contributed by atoms with Crippen molar-refractivity contribution in [1.82, 2.24) is 10.1 Å². The van der Waals surface area contributed by atoms with Crippen LogP contribution >= 0.6 is 11.8 Å². The highest BCUT2D eigenvalue weighted by Crippen LogP contribution is 2.31. The largest absolute Gasteiger partial charge is 0.416 e. The zero-order chi connectivity index (χ0) is 21.0. The quantitative estimate of drug-likeness (QED) is 0.589. The second-order valence-electron chi connectivity index (χ2n) is 6.45. The molecule has 3 rings (SSSR count). The predicted molar refractivity (Wildman–Crippen MR) is 105 cm³/mol. The van der Waals surface area contributed by atoms with E-state index in [2.05, 4.69) is 15.5 Å². The minimum Gasteiger partial charge on any atom is -0.338 e. The Kier molecular flexibility index (Phi) is 6.26. The lowest BCUT2D eigenvalue weighted by atomic mass is 10.1. The van der Waals surface area contributed by atoms with E-state index >= 15 is 0 Å². The van der Waals surface area contributed by atoms with Crippen LogP contribution in [0.3, 0.4) is 0 Å². The van der Waals surface area contributed by atoms with Crippen LogP contribution < -0.4 is 5.32 Å². The summed E-state index contributed by atoms with van der Waals surface area (Å²) >= 11 is 1.27. The molecule has 2 aromatic carbocycles. The Bertz CT molecular complexity index is 1020. The Labute approximate surface area is 169 Å². The van der Waals surface area contributed by atoms with Crippen LogP contribution in [0.15, 0.2) is 47.0 Å². The summed E-state index contributed by atoms with van der Waals surface area (Å²) in [4.78, 5) is 16.2. The van der Waals surface area contributed by atoms with Crippen LogP contribution in [0.2, 0.25) is 0 Å². The maximum absolute atomic E-state index is 12.8. The number of amides is 1. The van der Waals surface area contributed by atoms with Gasteiger partial charge in [0.05, 0.1) is 17.1 Å². The summed E-state index contributed by atoms with van der Waals surface area (Å²) in [6.07, 6.45) is -4.44. The molecule has 0 fully saturated rings. The van der Waals surface area contributed by atoms with Crippen molar-refractivity contribution in [3.63, 3.8) is 0 Å². The summed E-state index contributed by atoms with van der Waals surface area (Å²) in [5.74, 6) is 0.593. The number of hydrogen-bond acceptors (Lipinski definition) is 5. The van der Waals surface area contributed by atoms with Crippen molar-refractivity contribution in [3.8, 4) is 11.4 Å². The summed E-state index contributed by atoms with van der Waals surface area (Å²) in [7, 11) is 0. The van der Waals surface area contributed by atoms with E-state index in [1.54, 1.807) is 0 Å². The van der Waals surface area contributed by atoms with E-state index in [-0.39, 0.29) is 34.7 Å². The number of nitrogens with zero attached hydrogens (tertiary/aromatic N) is 2. The van der Waals surface area contributed by atoms with Gasteiger partial charge in [0.2, 0.25) is 17.6 Å². The highest BCUT2D eigenvalue weighted by Gasteiger charge is 2.30. The fourth-order valence-electron chi connectivity index (χ4n) is 2.55. The van der Waals surface area contributed by atoms with Gasteiger partial charge in [0.1, 0.15) is 0 Å². The zero-order valence-corrected chi connectivity index (χ0v) is 16.5. The molecule has 5 nitrogen and oxygen atoms in total. The number of anilines is 1. The molecule has 0 unspecified atom stereocenters. The molecular formula is C20H18F3N3O2S. The van der Waals surface area contributed by atoms with Gasteiger partial charge in [0, 0.05) is 11.3 Å². The molecule has 0 saturated carbocycles. The molecule has 1 N–H and O–H groups in total. The predicted octanol–water partition coefficient (Wildman–Crippen LogP) is 5.24. The van der Waals surface area contributed by atoms with E-state index in [4.69, 9.17) is 4.52 Å². The number of halogens is 3. The third kappa shape index (κ3) is 5.60. The Balaban J connectivity index is 1.56. The number of thioether (sulfide) groups is 1. The maximum atomic E-state index is 12.8. The third-order valence-corrected chi connectivity index (χ3v) is 4.96. The molecule has 0 aliphatic rings. The van der Waals surface area contributed by atoms with Gasteiger partial charge < -0.3 is 9.84 Å². The summed E-state index contributed by atoms with van der Waals surface area (Å²) in [5.41, 5.74) is 2.22. The van der Waals surface area contributed by atoms with Crippen molar-refractivity contribution in [2.75, 3.05) is 11.1 Å². The molecule has 0 aliphatic carbocycles. The molecule has 0 spiro atoms. The molecule has 0 bridgehead atoms. The molecule has 0 aliphatic heterocycles. The van der Waals surface area contributed by atoms with Crippen molar-refractivity contribution in [2.24, 2.45) is 0 Å². The smallest absolute Gasteiger partial charge is 0.338 e. The van der Waals surface area contributed by atoms with E-state index in [1.165, 1.54) is 23.9 Å². The number of carbonyl (C=O) groups excluding carboxylic acids is 1. The van der Waals surface area contributed by atoms with Crippen LogP contribution in [0, 0.1) is 13.8 Å². The highest BCUT2D eigenvalue weighted by molar-refractivity contribution is 7.99. The fourth-order valence-corrected chi connectivity index (χ4v) is 3.20.